The molecule has 0 saturated heterocycles. The van der Waals surface area contributed by atoms with Crippen LogP contribution in [0.15, 0.2) is 66.2 Å². The maximum atomic E-state index is 13.1. The number of benzene rings is 3. The van der Waals surface area contributed by atoms with E-state index in [0.29, 0.717) is 38.4 Å². The number of hydrogen-bond acceptors (Lipinski definition) is 4. The van der Waals surface area contributed by atoms with Crippen LogP contribution in [0.5, 0.6) is 5.75 Å². The van der Waals surface area contributed by atoms with Gasteiger partial charge in [-0.3, -0.25) is 4.79 Å². The number of aromatic carboxylic acids is 1. The molecule has 38 heavy (non-hydrogen) atoms. The molecular weight excluding hydrogens is 545 g/mol. The predicted octanol–water partition coefficient (Wildman–Crippen LogP) is 7.59. The standard InChI is InChI=1S/C30H28Cl3NO4/c1-30(2,20-6-3-5-18(13-20)29(36)37)15-19-11-12-21(14-25(19)33)38-16-22(28(35)17-9-10-17)27(34)26-23(31)7-4-8-24(26)32/h3-8,11-14,17H,9-10,15-16,34H2,1-2H3,(H,36,37). The van der Waals surface area contributed by atoms with Crippen LogP contribution in [0.2, 0.25) is 15.1 Å². The van der Waals surface area contributed by atoms with E-state index >= 15 is 0 Å². The average Bonchev–Trinajstić information content (AvgIpc) is 3.71. The first-order valence-electron chi connectivity index (χ1n) is 12.2. The summed E-state index contributed by atoms with van der Waals surface area (Å²) < 4.78 is 5.99. The van der Waals surface area contributed by atoms with E-state index in [4.69, 9.17) is 45.3 Å². The predicted molar refractivity (Wildman–Crippen MR) is 152 cm³/mol. The van der Waals surface area contributed by atoms with Crippen molar-refractivity contribution in [3.8, 4) is 5.75 Å². The fourth-order valence-electron chi connectivity index (χ4n) is 4.35. The van der Waals surface area contributed by atoms with Crippen molar-refractivity contribution in [3.63, 3.8) is 0 Å². The smallest absolute Gasteiger partial charge is 0.335 e. The largest absolute Gasteiger partial charge is 0.489 e. The summed E-state index contributed by atoms with van der Waals surface area (Å²) in [6.07, 6.45) is 2.22. The Bertz CT molecular complexity index is 1410. The quantitative estimate of drug-likeness (QED) is 0.244. The van der Waals surface area contributed by atoms with Crippen LogP contribution in [0.25, 0.3) is 5.70 Å². The lowest BCUT2D eigenvalue weighted by molar-refractivity contribution is -0.116. The van der Waals surface area contributed by atoms with Crippen molar-refractivity contribution >= 4 is 52.3 Å². The first-order valence-corrected chi connectivity index (χ1v) is 13.3. The molecular formula is C30H28Cl3NO4. The van der Waals surface area contributed by atoms with Crippen LogP contribution in [0.4, 0.5) is 0 Å². The Kier molecular flexibility index (Phi) is 8.41. The minimum Gasteiger partial charge on any atom is -0.489 e. The SMILES string of the molecule is CC(C)(Cc1ccc(OCC(C(=O)C2CC2)=C(N)c2c(Cl)cccc2Cl)cc1Cl)c1cccc(C(=O)O)c1. The fourth-order valence-corrected chi connectivity index (χ4v) is 5.19. The van der Waals surface area contributed by atoms with Crippen molar-refractivity contribution in [1.82, 2.24) is 0 Å². The number of ketones is 1. The molecule has 5 nitrogen and oxygen atoms in total. The Morgan fingerprint density at radius 3 is 2.24 bits per heavy atom. The zero-order valence-corrected chi connectivity index (χ0v) is 23.3. The van der Waals surface area contributed by atoms with Crippen LogP contribution in [-0.4, -0.2) is 23.5 Å². The molecule has 8 heteroatoms. The molecule has 1 fully saturated rings. The lowest BCUT2D eigenvalue weighted by Gasteiger charge is -2.26. The zero-order valence-electron chi connectivity index (χ0n) is 21.1. The number of Topliss-reactive ketones (excluding diaryl/α,β-unsaturated/α-hetero) is 1. The molecule has 0 heterocycles. The minimum absolute atomic E-state index is 0.0497. The van der Waals surface area contributed by atoms with Crippen LogP contribution in [0.1, 0.15) is 53.7 Å². The van der Waals surface area contributed by atoms with Gasteiger partial charge in [-0.25, -0.2) is 4.79 Å². The number of rotatable bonds is 10. The molecule has 198 valence electrons. The third kappa shape index (κ3) is 6.35. The van der Waals surface area contributed by atoms with Gasteiger partial charge in [0, 0.05) is 16.5 Å². The molecule has 0 spiro atoms. The monoisotopic (exact) mass is 571 g/mol. The summed E-state index contributed by atoms with van der Waals surface area (Å²) in [5.41, 5.74) is 9.06. The van der Waals surface area contributed by atoms with E-state index in [2.05, 4.69) is 0 Å². The van der Waals surface area contributed by atoms with E-state index in [-0.39, 0.29) is 35.0 Å². The summed E-state index contributed by atoms with van der Waals surface area (Å²) in [7, 11) is 0. The van der Waals surface area contributed by atoms with Crippen molar-refractivity contribution in [1.29, 1.82) is 0 Å². The average molecular weight is 573 g/mol. The van der Waals surface area contributed by atoms with Crippen molar-refractivity contribution in [3.05, 3.63) is 104 Å². The molecule has 3 aromatic rings. The summed E-state index contributed by atoms with van der Waals surface area (Å²) in [6.45, 7) is 4.03. The third-order valence-electron chi connectivity index (χ3n) is 6.73. The molecule has 0 unspecified atom stereocenters. The summed E-state index contributed by atoms with van der Waals surface area (Å²) in [6, 6.07) is 17.4. The fraction of sp³-hybridized carbons (Fsp3) is 0.267. The van der Waals surface area contributed by atoms with Gasteiger partial charge in [0.2, 0.25) is 0 Å². The van der Waals surface area contributed by atoms with Crippen LogP contribution < -0.4 is 10.5 Å². The number of carboxylic acids is 1. The van der Waals surface area contributed by atoms with E-state index in [1.807, 2.05) is 26.0 Å². The van der Waals surface area contributed by atoms with Gasteiger partial charge in [-0.2, -0.15) is 0 Å². The molecule has 1 aliphatic rings. The van der Waals surface area contributed by atoms with Crippen LogP contribution >= 0.6 is 34.8 Å². The molecule has 3 N–H and O–H groups in total. The maximum absolute atomic E-state index is 13.1. The molecule has 0 atom stereocenters. The second-order valence-electron chi connectivity index (χ2n) is 10.1. The summed E-state index contributed by atoms with van der Waals surface area (Å²) in [4.78, 5) is 24.5. The van der Waals surface area contributed by atoms with Gasteiger partial charge in [0.05, 0.1) is 26.9 Å². The van der Waals surface area contributed by atoms with Crippen LogP contribution in [0.3, 0.4) is 0 Å². The van der Waals surface area contributed by atoms with E-state index in [0.717, 1.165) is 24.0 Å². The summed E-state index contributed by atoms with van der Waals surface area (Å²) in [5, 5.41) is 10.6. The molecule has 0 aromatic heterocycles. The normalized spacial score (nSPS) is 14.1. The topological polar surface area (TPSA) is 89.6 Å². The minimum atomic E-state index is -0.965. The van der Waals surface area contributed by atoms with E-state index in [9.17, 15) is 14.7 Å². The molecule has 3 aromatic carbocycles. The Balaban J connectivity index is 1.54. The van der Waals surface area contributed by atoms with Gasteiger partial charge >= 0.3 is 5.97 Å². The first-order chi connectivity index (χ1) is 18.0. The number of carbonyl (C=O) groups is 2. The number of ether oxygens (including phenoxy) is 1. The Hall–Kier alpha value is -2.99. The van der Waals surface area contributed by atoms with Gasteiger partial charge in [-0.1, -0.05) is 72.9 Å². The van der Waals surface area contributed by atoms with Gasteiger partial charge in [-0.05, 0) is 72.2 Å². The summed E-state index contributed by atoms with van der Waals surface area (Å²) >= 11 is 19.3. The van der Waals surface area contributed by atoms with Crippen LogP contribution in [-0.2, 0) is 16.6 Å². The van der Waals surface area contributed by atoms with Gasteiger partial charge in [-0.15, -0.1) is 0 Å². The second kappa shape index (κ2) is 11.4. The van der Waals surface area contributed by atoms with E-state index < -0.39 is 5.97 Å². The molecule has 1 aliphatic carbocycles. The van der Waals surface area contributed by atoms with Crippen molar-refractivity contribution in [2.75, 3.05) is 6.61 Å². The van der Waals surface area contributed by atoms with Gasteiger partial charge < -0.3 is 15.6 Å². The molecule has 0 aliphatic heterocycles. The van der Waals surface area contributed by atoms with Crippen molar-refractivity contribution < 1.29 is 19.4 Å². The molecule has 0 bridgehead atoms. The zero-order chi connectivity index (χ0) is 27.6. The molecule has 1 saturated carbocycles. The number of nitrogens with two attached hydrogens (primary N) is 1. The Morgan fingerprint density at radius 2 is 1.63 bits per heavy atom. The Labute approximate surface area is 237 Å². The highest BCUT2D eigenvalue weighted by molar-refractivity contribution is 6.37. The van der Waals surface area contributed by atoms with Crippen LogP contribution in [0, 0.1) is 5.92 Å². The Morgan fingerprint density at radius 1 is 0.974 bits per heavy atom. The second-order valence-corrected chi connectivity index (χ2v) is 11.3. The summed E-state index contributed by atoms with van der Waals surface area (Å²) in [5.74, 6) is -0.607. The van der Waals surface area contributed by atoms with Gasteiger partial charge in [0.1, 0.15) is 12.4 Å². The lowest BCUT2D eigenvalue weighted by Crippen LogP contribution is -2.21. The number of carbonyl (C=O) groups excluding carboxylic acids is 1. The number of carboxylic acid groups (broad SMARTS) is 1. The molecule has 4 rings (SSSR count). The number of halogens is 3. The highest BCUT2D eigenvalue weighted by Gasteiger charge is 2.34. The highest BCUT2D eigenvalue weighted by atomic mass is 35.5. The maximum Gasteiger partial charge on any atom is 0.335 e. The molecule has 0 radical (unpaired) electrons. The van der Waals surface area contributed by atoms with Gasteiger partial charge in [0.25, 0.3) is 0 Å². The van der Waals surface area contributed by atoms with Gasteiger partial charge in [0.15, 0.2) is 5.78 Å². The first kappa shape index (κ1) is 28.0. The van der Waals surface area contributed by atoms with E-state index in [1.165, 1.54) is 0 Å². The highest BCUT2D eigenvalue weighted by Crippen LogP contribution is 2.37. The lowest BCUT2D eigenvalue weighted by atomic mass is 9.78. The molecule has 0 amide bonds. The van der Waals surface area contributed by atoms with E-state index in [1.54, 1.807) is 48.5 Å². The number of hydrogen-bond donors (Lipinski definition) is 2. The van der Waals surface area contributed by atoms with Crippen molar-refractivity contribution in [2.45, 2.75) is 38.5 Å². The third-order valence-corrected chi connectivity index (χ3v) is 7.72. The van der Waals surface area contributed by atoms with Crippen molar-refractivity contribution in [2.24, 2.45) is 11.7 Å².